The largest absolute Gasteiger partial charge is 0.496 e. The number of aromatic nitrogens is 1. The highest BCUT2D eigenvalue weighted by molar-refractivity contribution is 7.15. The molecule has 0 saturated heterocycles. The molecule has 0 fully saturated rings. The molecular formula is C13H15NO2S. The van der Waals surface area contributed by atoms with E-state index in [1.54, 1.807) is 18.4 Å². The lowest BCUT2D eigenvalue weighted by Crippen LogP contribution is -1.94. The Morgan fingerprint density at radius 2 is 2.18 bits per heavy atom. The molecule has 17 heavy (non-hydrogen) atoms. The lowest BCUT2D eigenvalue weighted by Gasteiger charge is -2.05. The molecule has 0 radical (unpaired) electrons. The van der Waals surface area contributed by atoms with Crippen LogP contribution in [0.2, 0.25) is 0 Å². The molecule has 1 aromatic carbocycles. The van der Waals surface area contributed by atoms with E-state index in [4.69, 9.17) is 9.84 Å². The van der Waals surface area contributed by atoms with Gasteiger partial charge in [-0.3, -0.25) is 0 Å². The SMILES string of the molecule is COc1ccccc1-c1ncc(C(C)CO)s1. The molecule has 0 saturated carbocycles. The van der Waals surface area contributed by atoms with Crippen molar-refractivity contribution in [2.75, 3.05) is 13.7 Å². The van der Waals surface area contributed by atoms with Crippen molar-refractivity contribution < 1.29 is 9.84 Å². The Hall–Kier alpha value is -1.39. The van der Waals surface area contributed by atoms with E-state index >= 15 is 0 Å². The molecule has 1 N–H and O–H groups in total. The van der Waals surface area contributed by atoms with Crippen molar-refractivity contribution in [2.24, 2.45) is 0 Å². The highest BCUT2D eigenvalue weighted by atomic mass is 32.1. The lowest BCUT2D eigenvalue weighted by molar-refractivity contribution is 0.274. The van der Waals surface area contributed by atoms with E-state index in [1.807, 2.05) is 37.4 Å². The van der Waals surface area contributed by atoms with Gasteiger partial charge in [0.1, 0.15) is 10.8 Å². The second kappa shape index (κ2) is 5.29. The third-order valence-corrected chi connectivity index (χ3v) is 3.88. The normalized spacial score (nSPS) is 12.4. The quantitative estimate of drug-likeness (QED) is 0.906. The van der Waals surface area contributed by atoms with Crippen LogP contribution >= 0.6 is 11.3 Å². The first-order valence-electron chi connectivity index (χ1n) is 5.46. The number of hydrogen-bond donors (Lipinski definition) is 1. The maximum atomic E-state index is 9.12. The average Bonchev–Trinajstić information content (AvgIpc) is 2.87. The summed E-state index contributed by atoms with van der Waals surface area (Å²) in [4.78, 5) is 5.48. The van der Waals surface area contributed by atoms with E-state index in [-0.39, 0.29) is 12.5 Å². The van der Waals surface area contributed by atoms with Crippen molar-refractivity contribution in [3.05, 3.63) is 35.3 Å². The summed E-state index contributed by atoms with van der Waals surface area (Å²) in [5, 5.41) is 10.1. The molecule has 90 valence electrons. The zero-order chi connectivity index (χ0) is 12.3. The molecule has 0 spiro atoms. The number of benzene rings is 1. The zero-order valence-corrected chi connectivity index (χ0v) is 10.7. The lowest BCUT2D eigenvalue weighted by atomic mass is 10.2. The van der Waals surface area contributed by atoms with Crippen LogP contribution in [0.4, 0.5) is 0 Å². The summed E-state index contributed by atoms with van der Waals surface area (Å²) >= 11 is 1.60. The maximum absolute atomic E-state index is 9.12. The summed E-state index contributed by atoms with van der Waals surface area (Å²) in [6, 6.07) is 7.82. The van der Waals surface area contributed by atoms with E-state index in [9.17, 15) is 0 Å². The molecule has 1 atom stereocenters. The number of methoxy groups -OCH3 is 1. The van der Waals surface area contributed by atoms with Crippen molar-refractivity contribution in [3.63, 3.8) is 0 Å². The first-order chi connectivity index (χ1) is 8.26. The van der Waals surface area contributed by atoms with Gasteiger partial charge in [-0.1, -0.05) is 19.1 Å². The first kappa shape index (κ1) is 12.1. The summed E-state index contributed by atoms with van der Waals surface area (Å²) < 4.78 is 5.31. The summed E-state index contributed by atoms with van der Waals surface area (Å²) in [6.45, 7) is 2.13. The number of aliphatic hydroxyl groups is 1. The number of rotatable bonds is 4. The van der Waals surface area contributed by atoms with Gasteiger partial charge in [0.15, 0.2) is 0 Å². The molecule has 3 nitrogen and oxygen atoms in total. The summed E-state index contributed by atoms with van der Waals surface area (Å²) in [5.41, 5.74) is 0.997. The van der Waals surface area contributed by atoms with E-state index in [0.29, 0.717) is 0 Å². The number of nitrogens with zero attached hydrogens (tertiary/aromatic N) is 1. The van der Waals surface area contributed by atoms with Crippen molar-refractivity contribution in [2.45, 2.75) is 12.8 Å². The van der Waals surface area contributed by atoms with Gasteiger partial charge in [0.2, 0.25) is 0 Å². The number of aliphatic hydroxyl groups excluding tert-OH is 1. The van der Waals surface area contributed by atoms with Crippen LogP contribution in [0.5, 0.6) is 5.75 Å². The molecule has 0 aliphatic rings. The van der Waals surface area contributed by atoms with Crippen LogP contribution in [-0.2, 0) is 0 Å². The van der Waals surface area contributed by atoms with Gasteiger partial charge < -0.3 is 9.84 Å². The molecule has 0 amide bonds. The van der Waals surface area contributed by atoms with Crippen molar-refractivity contribution in [1.82, 2.24) is 4.98 Å². The van der Waals surface area contributed by atoms with Gasteiger partial charge in [-0.15, -0.1) is 11.3 Å². The Bertz CT molecular complexity index is 496. The van der Waals surface area contributed by atoms with Crippen LogP contribution < -0.4 is 4.74 Å². The molecule has 2 aromatic rings. The van der Waals surface area contributed by atoms with E-state index in [0.717, 1.165) is 21.2 Å². The third kappa shape index (κ3) is 2.48. The molecule has 1 unspecified atom stereocenters. The average molecular weight is 249 g/mol. The van der Waals surface area contributed by atoms with Crippen LogP contribution in [0.25, 0.3) is 10.6 Å². The Labute approximate surface area is 105 Å². The van der Waals surface area contributed by atoms with Crippen LogP contribution in [-0.4, -0.2) is 23.8 Å². The molecule has 0 aliphatic carbocycles. The van der Waals surface area contributed by atoms with Crippen molar-refractivity contribution >= 4 is 11.3 Å². The van der Waals surface area contributed by atoms with Crippen LogP contribution in [0.1, 0.15) is 17.7 Å². The van der Waals surface area contributed by atoms with Gasteiger partial charge in [0.25, 0.3) is 0 Å². The van der Waals surface area contributed by atoms with Crippen LogP contribution in [0.3, 0.4) is 0 Å². The van der Waals surface area contributed by atoms with Crippen molar-refractivity contribution in [3.8, 4) is 16.3 Å². The van der Waals surface area contributed by atoms with Crippen molar-refractivity contribution in [1.29, 1.82) is 0 Å². The molecule has 1 aromatic heterocycles. The molecular weight excluding hydrogens is 234 g/mol. The highest BCUT2D eigenvalue weighted by Crippen LogP contribution is 2.34. The fourth-order valence-electron chi connectivity index (χ4n) is 1.55. The van der Waals surface area contributed by atoms with Gasteiger partial charge in [-0.25, -0.2) is 4.98 Å². The van der Waals surface area contributed by atoms with Crippen LogP contribution in [0, 0.1) is 0 Å². The molecule has 2 rings (SSSR count). The second-order valence-electron chi connectivity index (χ2n) is 3.85. The van der Waals surface area contributed by atoms with Gasteiger partial charge >= 0.3 is 0 Å². The van der Waals surface area contributed by atoms with Crippen LogP contribution in [0.15, 0.2) is 30.5 Å². The topological polar surface area (TPSA) is 42.4 Å². The minimum Gasteiger partial charge on any atom is -0.496 e. The maximum Gasteiger partial charge on any atom is 0.129 e. The minimum absolute atomic E-state index is 0.135. The number of para-hydroxylation sites is 1. The number of thiazole rings is 1. The smallest absolute Gasteiger partial charge is 0.129 e. The first-order valence-corrected chi connectivity index (χ1v) is 6.28. The molecule has 0 aliphatic heterocycles. The number of hydrogen-bond acceptors (Lipinski definition) is 4. The fourth-order valence-corrected chi connectivity index (χ4v) is 2.54. The summed E-state index contributed by atoms with van der Waals surface area (Å²) in [5.74, 6) is 0.959. The summed E-state index contributed by atoms with van der Waals surface area (Å²) in [7, 11) is 1.66. The minimum atomic E-state index is 0.135. The van der Waals surface area contributed by atoms with Gasteiger partial charge in [0, 0.05) is 17.0 Å². The van der Waals surface area contributed by atoms with E-state index < -0.39 is 0 Å². The fraction of sp³-hybridized carbons (Fsp3) is 0.308. The van der Waals surface area contributed by atoms with E-state index in [1.165, 1.54) is 0 Å². The monoisotopic (exact) mass is 249 g/mol. The van der Waals surface area contributed by atoms with Gasteiger partial charge in [-0.2, -0.15) is 0 Å². The van der Waals surface area contributed by atoms with E-state index in [2.05, 4.69) is 4.98 Å². The summed E-state index contributed by atoms with van der Waals surface area (Å²) in [6.07, 6.45) is 1.83. The standard InChI is InChI=1S/C13H15NO2S/c1-9(8-15)12-7-14-13(17-12)10-5-3-4-6-11(10)16-2/h3-7,9,15H,8H2,1-2H3. The highest BCUT2D eigenvalue weighted by Gasteiger charge is 2.12. The Morgan fingerprint density at radius 1 is 1.41 bits per heavy atom. The number of ether oxygens (including phenoxy) is 1. The Morgan fingerprint density at radius 3 is 2.88 bits per heavy atom. The zero-order valence-electron chi connectivity index (χ0n) is 9.88. The molecule has 4 heteroatoms. The predicted molar refractivity (Wildman–Crippen MR) is 69.6 cm³/mol. The molecule has 1 heterocycles. The van der Waals surface area contributed by atoms with Gasteiger partial charge in [0.05, 0.1) is 19.3 Å². The predicted octanol–water partition coefficient (Wildman–Crippen LogP) is 2.91. The third-order valence-electron chi connectivity index (χ3n) is 2.62. The molecule has 0 bridgehead atoms. The Kier molecular flexibility index (Phi) is 3.76. The van der Waals surface area contributed by atoms with Gasteiger partial charge in [-0.05, 0) is 12.1 Å². The second-order valence-corrected chi connectivity index (χ2v) is 4.91. The Balaban J connectivity index is 2.37.